The van der Waals surface area contributed by atoms with Gasteiger partial charge in [0, 0.05) is 11.8 Å². The molecular weight excluding hydrogens is 240 g/mol. The predicted octanol–water partition coefficient (Wildman–Crippen LogP) is 3.40. The fourth-order valence-electron chi connectivity index (χ4n) is 2.15. The Morgan fingerprint density at radius 1 is 1.32 bits per heavy atom. The molecule has 0 amide bonds. The number of cyclic esters (lactones) is 1. The fraction of sp³-hybridized carbons (Fsp3) is 0.438. The van der Waals surface area contributed by atoms with E-state index in [1.165, 1.54) is 0 Å². The van der Waals surface area contributed by atoms with Crippen molar-refractivity contribution in [3.8, 4) is 0 Å². The van der Waals surface area contributed by atoms with Gasteiger partial charge in [0.05, 0.1) is 0 Å². The Balaban J connectivity index is 2.42. The van der Waals surface area contributed by atoms with Crippen LogP contribution in [-0.2, 0) is 19.9 Å². The molecule has 1 aliphatic rings. The number of rotatable bonds is 3. The summed E-state index contributed by atoms with van der Waals surface area (Å²) in [5.41, 5.74) is -0.499. The molecule has 19 heavy (non-hydrogen) atoms. The lowest BCUT2D eigenvalue weighted by Crippen LogP contribution is -2.34. The Morgan fingerprint density at radius 2 is 1.95 bits per heavy atom. The molecule has 1 aromatic rings. The Labute approximate surface area is 114 Å². The lowest BCUT2D eigenvalue weighted by molar-refractivity contribution is -0.156. The van der Waals surface area contributed by atoms with Gasteiger partial charge in [0.1, 0.15) is 0 Å². The molecular formula is C16H20O3. The van der Waals surface area contributed by atoms with Crippen LogP contribution >= 0.6 is 0 Å². The van der Waals surface area contributed by atoms with Gasteiger partial charge in [-0.25, -0.2) is 4.79 Å². The van der Waals surface area contributed by atoms with Crippen LogP contribution in [0.5, 0.6) is 0 Å². The highest BCUT2D eigenvalue weighted by molar-refractivity contribution is 5.83. The molecule has 0 aliphatic carbocycles. The summed E-state index contributed by atoms with van der Waals surface area (Å²) in [4.78, 5) is 12.3. The van der Waals surface area contributed by atoms with Gasteiger partial charge in [-0.1, -0.05) is 57.2 Å². The van der Waals surface area contributed by atoms with Crippen LogP contribution in [0.3, 0.4) is 0 Å². The van der Waals surface area contributed by atoms with Crippen molar-refractivity contribution in [1.29, 1.82) is 0 Å². The number of esters is 1. The van der Waals surface area contributed by atoms with Gasteiger partial charge in [0.15, 0.2) is 5.60 Å². The normalized spacial score (nSPS) is 27.1. The Hall–Kier alpha value is -1.61. The van der Waals surface area contributed by atoms with Gasteiger partial charge in [0.2, 0.25) is 6.29 Å². The molecule has 0 spiro atoms. The van der Waals surface area contributed by atoms with Gasteiger partial charge >= 0.3 is 5.97 Å². The largest absolute Gasteiger partial charge is 0.433 e. The smallest absolute Gasteiger partial charge is 0.345 e. The predicted molar refractivity (Wildman–Crippen MR) is 73.4 cm³/mol. The van der Waals surface area contributed by atoms with E-state index in [4.69, 9.17) is 9.47 Å². The van der Waals surface area contributed by atoms with Gasteiger partial charge in [0.25, 0.3) is 0 Å². The molecule has 2 rings (SSSR count). The van der Waals surface area contributed by atoms with Crippen molar-refractivity contribution in [2.24, 2.45) is 5.41 Å². The van der Waals surface area contributed by atoms with E-state index in [9.17, 15) is 4.79 Å². The van der Waals surface area contributed by atoms with Gasteiger partial charge in [-0.15, -0.1) is 6.58 Å². The molecule has 0 bridgehead atoms. The first-order chi connectivity index (χ1) is 8.90. The minimum atomic E-state index is -1.05. The topological polar surface area (TPSA) is 35.5 Å². The quantitative estimate of drug-likeness (QED) is 0.617. The highest BCUT2D eigenvalue weighted by Gasteiger charge is 2.53. The lowest BCUT2D eigenvalue weighted by atomic mass is 9.90. The first kappa shape index (κ1) is 13.8. The maximum atomic E-state index is 12.3. The summed E-state index contributed by atoms with van der Waals surface area (Å²) in [6.07, 6.45) is 1.56. The molecule has 1 saturated heterocycles. The molecule has 2 atom stereocenters. The van der Waals surface area contributed by atoms with Gasteiger partial charge in [-0.05, 0) is 5.56 Å². The Kier molecular flexibility index (Phi) is 3.50. The fourth-order valence-corrected chi connectivity index (χ4v) is 2.15. The zero-order valence-electron chi connectivity index (χ0n) is 11.7. The standard InChI is InChI=1S/C16H20O3/c1-5-11-16(12-9-7-6-8-10-12)13(17)18-14(19-16)15(2,3)4/h5-10,14H,1,11H2,2-4H3/t14-,16+/m1/s1. The number of carbonyl (C=O) groups excluding carboxylic acids is 1. The molecule has 0 radical (unpaired) electrons. The minimum absolute atomic E-state index is 0.257. The first-order valence-electron chi connectivity index (χ1n) is 6.45. The third-order valence-corrected chi connectivity index (χ3v) is 3.23. The van der Waals surface area contributed by atoms with E-state index >= 15 is 0 Å². The summed E-state index contributed by atoms with van der Waals surface area (Å²) < 4.78 is 11.4. The summed E-state index contributed by atoms with van der Waals surface area (Å²) in [7, 11) is 0. The van der Waals surface area contributed by atoms with Crippen molar-refractivity contribution in [3.63, 3.8) is 0 Å². The summed E-state index contributed by atoms with van der Waals surface area (Å²) >= 11 is 0. The highest BCUT2D eigenvalue weighted by Crippen LogP contribution is 2.43. The van der Waals surface area contributed by atoms with E-state index in [1.54, 1.807) is 6.08 Å². The van der Waals surface area contributed by atoms with Crippen LogP contribution in [0.2, 0.25) is 0 Å². The molecule has 1 fully saturated rings. The van der Waals surface area contributed by atoms with E-state index < -0.39 is 11.9 Å². The second kappa shape index (κ2) is 4.82. The van der Waals surface area contributed by atoms with Crippen LogP contribution in [0.15, 0.2) is 43.0 Å². The third kappa shape index (κ3) is 2.43. The number of carbonyl (C=O) groups is 1. The molecule has 0 unspecified atom stereocenters. The molecule has 102 valence electrons. The van der Waals surface area contributed by atoms with Crippen LogP contribution in [0.4, 0.5) is 0 Å². The molecule has 1 aliphatic heterocycles. The van der Waals surface area contributed by atoms with Crippen molar-refractivity contribution in [3.05, 3.63) is 48.6 Å². The van der Waals surface area contributed by atoms with E-state index in [1.807, 2.05) is 51.1 Å². The molecule has 1 aromatic carbocycles. The number of benzene rings is 1. The molecule has 1 heterocycles. The average molecular weight is 260 g/mol. The van der Waals surface area contributed by atoms with Gasteiger partial charge in [-0.2, -0.15) is 0 Å². The summed E-state index contributed by atoms with van der Waals surface area (Å²) in [5.74, 6) is -0.335. The molecule has 0 aromatic heterocycles. The zero-order valence-corrected chi connectivity index (χ0v) is 11.7. The highest BCUT2D eigenvalue weighted by atomic mass is 16.8. The van der Waals surface area contributed by atoms with Crippen molar-refractivity contribution in [1.82, 2.24) is 0 Å². The molecule has 0 saturated carbocycles. The monoisotopic (exact) mass is 260 g/mol. The second-order valence-electron chi connectivity index (χ2n) is 5.91. The third-order valence-electron chi connectivity index (χ3n) is 3.23. The van der Waals surface area contributed by atoms with E-state index in [0.29, 0.717) is 6.42 Å². The Morgan fingerprint density at radius 3 is 2.42 bits per heavy atom. The molecule has 3 heteroatoms. The van der Waals surface area contributed by atoms with Crippen LogP contribution < -0.4 is 0 Å². The zero-order chi connectivity index (χ0) is 14.1. The first-order valence-corrected chi connectivity index (χ1v) is 6.45. The lowest BCUT2D eigenvalue weighted by Gasteiger charge is -2.28. The van der Waals surface area contributed by atoms with E-state index in [2.05, 4.69) is 6.58 Å². The maximum Gasteiger partial charge on any atom is 0.345 e. The Bertz CT molecular complexity index is 473. The second-order valence-corrected chi connectivity index (χ2v) is 5.91. The summed E-state index contributed by atoms with van der Waals surface area (Å²) in [5, 5.41) is 0. The molecule has 3 nitrogen and oxygen atoms in total. The van der Waals surface area contributed by atoms with E-state index in [0.717, 1.165) is 5.56 Å². The number of hydrogen-bond acceptors (Lipinski definition) is 3. The van der Waals surface area contributed by atoms with Crippen LogP contribution in [0.25, 0.3) is 0 Å². The summed E-state index contributed by atoms with van der Waals surface area (Å²) in [6.45, 7) is 9.69. The summed E-state index contributed by atoms with van der Waals surface area (Å²) in [6, 6.07) is 9.46. The van der Waals surface area contributed by atoms with Crippen molar-refractivity contribution in [2.75, 3.05) is 0 Å². The number of ether oxygens (including phenoxy) is 2. The van der Waals surface area contributed by atoms with Crippen LogP contribution in [0, 0.1) is 5.41 Å². The van der Waals surface area contributed by atoms with Gasteiger partial charge in [-0.3, -0.25) is 0 Å². The van der Waals surface area contributed by atoms with Crippen LogP contribution in [0.1, 0.15) is 32.8 Å². The van der Waals surface area contributed by atoms with Crippen molar-refractivity contribution in [2.45, 2.75) is 39.1 Å². The SMILES string of the molecule is C=CC[C@@]1(c2ccccc2)O[C@H](C(C)(C)C)OC1=O. The minimum Gasteiger partial charge on any atom is -0.433 e. The molecule has 0 N–H and O–H groups in total. The van der Waals surface area contributed by atoms with Crippen LogP contribution in [-0.4, -0.2) is 12.3 Å². The van der Waals surface area contributed by atoms with Crippen molar-refractivity contribution >= 4 is 5.97 Å². The van der Waals surface area contributed by atoms with Crippen molar-refractivity contribution < 1.29 is 14.3 Å². The number of hydrogen-bond donors (Lipinski definition) is 0. The van der Waals surface area contributed by atoms with Gasteiger partial charge < -0.3 is 9.47 Å². The maximum absolute atomic E-state index is 12.3. The average Bonchev–Trinajstić information content (AvgIpc) is 2.70. The van der Waals surface area contributed by atoms with E-state index in [-0.39, 0.29) is 11.4 Å².